The van der Waals surface area contributed by atoms with Crippen LogP contribution in [0.3, 0.4) is 0 Å². The molecule has 0 bridgehead atoms. The van der Waals surface area contributed by atoms with E-state index in [1.807, 2.05) is 0 Å². The van der Waals surface area contributed by atoms with Crippen LogP contribution in [0.15, 0.2) is 34.6 Å². The minimum absolute atomic E-state index is 0.00356. The van der Waals surface area contributed by atoms with Crippen molar-refractivity contribution in [1.82, 2.24) is 4.57 Å². The summed E-state index contributed by atoms with van der Waals surface area (Å²) in [6, 6.07) is 3.20. The van der Waals surface area contributed by atoms with E-state index in [-0.39, 0.29) is 22.7 Å². The maximum Gasteiger partial charge on any atom is 0.307 e. The Balaban J connectivity index is 2.44. The van der Waals surface area contributed by atoms with E-state index in [1.165, 1.54) is 10.8 Å². The minimum Gasteiger partial charge on any atom is -0.301 e. The zero-order valence-electron chi connectivity index (χ0n) is 8.50. The van der Waals surface area contributed by atoms with Crippen molar-refractivity contribution in [3.8, 4) is 0 Å². The van der Waals surface area contributed by atoms with Crippen LogP contribution < -0.4 is 4.87 Å². The largest absolute Gasteiger partial charge is 0.307 e. The summed E-state index contributed by atoms with van der Waals surface area (Å²) >= 11 is 0.986. The lowest BCUT2D eigenvalue weighted by Crippen LogP contribution is -2.13. The molecule has 0 spiro atoms. The molecule has 0 aliphatic heterocycles. The van der Waals surface area contributed by atoms with Crippen LogP contribution in [0.5, 0.6) is 0 Å². The third-order valence-electron chi connectivity index (χ3n) is 2.22. The van der Waals surface area contributed by atoms with Crippen molar-refractivity contribution in [1.29, 1.82) is 0 Å². The van der Waals surface area contributed by atoms with E-state index in [1.54, 1.807) is 5.38 Å². The average molecular weight is 254 g/mol. The topological polar surface area (TPSA) is 65.1 Å². The number of hydrogen-bond acceptors (Lipinski definition) is 4. The number of nitrogens with zero attached hydrogens (tertiary/aromatic N) is 2. The highest BCUT2D eigenvalue weighted by molar-refractivity contribution is 7.07. The van der Waals surface area contributed by atoms with E-state index in [9.17, 15) is 19.3 Å². The van der Waals surface area contributed by atoms with Gasteiger partial charge in [0, 0.05) is 17.6 Å². The second kappa shape index (κ2) is 4.46. The first-order valence-corrected chi connectivity index (χ1v) is 5.52. The lowest BCUT2D eigenvalue weighted by molar-refractivity contribution is -0.385. The van der Waals surface area contributed by atoms with Crippen molar-refractivity contribution in [3.05, 3.63) is 60.9 Å². The first kappa shape index (κ1) is 11.5. The fraction of sp³-hybridized carbons (Fsp3) is 0.100. The molecule has 0 unspecified atom stereocenters. The van der Waals surface area contributed by atoms with Gasteiger partial charge in [0.05, 0.1) is 17.0 Å². The van der Waals surface area contributed by atoms with Gasteiger partial charge in [-0.25, -0.2) is 4.39 Å². The number of rotatable bonds is 3. The van der Waals surface area contributed by atoms with Crippen molar-refractivity contribution < 1.29 is 9.31 Å². The van der Waals surface area contributed by atoms with Gasteiger partial charge in [0.2, 0.25) is 0 Å². The Hall–Kier alpha value is -2.02. The molecule has 2 rings (SSSR count). The van der Waals surface area contributed by atoms with Gasteiger partial charge in [-0.15, -0.1) is 0 Å². The van der Waals surface area contributed by atoms with Gasteiger partial charge in [-0.2, -0.15) is 0 Å². The van der Waals surface area contributed by atoms with Crippen LogP contribution in [0.2, 0.25) is 0 Å². The Morgan fingerprint density at radius 2 is 2.24 bits per heavy atom. The summed E-state index contributed by atoms with van der Waals surface area (Å²) in [5.74, 6) is -0.561. The Kier molecular flexibility index (Phi) is 3.01. The molecule has 0 aliphatic carbocycles. The maximum atomic E-state index is 13.0. The number of nitro benzene ring substituents is 1. The smallest absolute Gasteiger partial charge is 0.301 e. The summed E-state index contributed by atoms with van der Waals surface area (Å²) in [5.41, 5.74) is -0.0139. The first-order valence-electron chi connectivity index (χ1n) is 4.64. The molecule has 2 aromatic rings. The summed E-state index contributed by atoms with van der Waals surface area (Å²) < 4.78 is 14.3. The molecule has 0 saturated heterocycles. The number of halogens is 1. The van der Waals surface area contributed by atoms with Crippen LogP contribution in [0.1, 0.15) is 5.56 Å². The highest BCUT2D eigenvalue weighted by Gasteiger charge is 2.15. The van der Waals surface area contributed by atoms with E-state index in [4.69, 9.17) is 0 Å². The fourth-order valence-electron chi connectivity index (χ4n) is 1.45. The quantitative estimate of drug-likeness (QED) is 0.621. The summed E-state index contributed by atoms with van der Waals surface area (Å²) in [6.07, 6.45) is 1.52. The Morgan fingerprint density at radius 3 is 2.82 bits per heavy atom. The van der Waals surface area contributed by atoms with Crippen molar-refractivity contribution in [2.45, 2.75) is 6.54 Å². The molecule has 17 heavy (non-hydrogen) atoms. The van der Waals surface area contributed by atoms with Gasteiger partial charge in [0.25, 0.3) is 5.69 Å². The Morgan fingerprint density at radius 1 is 1.47 bits per heavy atom. The van der Waals surface area contributed by atoms with Gasteiger partial charge in [-0.05, 0) is 12.1 Å². The van der Waals surface area contributed by atoms with Crippen molar-refractivity contribution in [3.63, 3.8) is 0 Å². The molecule has 7 heteroatoms. The zero-order valence-corrected chi connectivity index (χ0v) is 9.32. The van der Waals surface area contributed by atoms with Crippen molar-refractivity contribution in [2.24, 2.45) is 0 Å². The molecule has 1 aromatic heterocycles. The maximum absolute atomic E-state index is 13.0. The molecule has 0 N–H and O–H groups in total. The average Bonchev–Trinajstić information content (AvgIpc) is 2.64. The molecule has 1 aromatic carbocycles. The SMILES string of the molecule is O=c1sccn1Cc1cc(F)ccc1[N+](=O)[O-]. The van der Waals surface area contributed by atoms with Crippen LogP contribution in [0.4, 0.5) is 10.1 Å². The number of benzene rings is 1. The third kappa shape index (κ3) is 2.39. The Bertz CT molecular complexity index is 620. The molecular weight excluding hydrogens is 247 g/mol. The van der Waals surface area contributed by atoms with Crippen LogP contribution in [0, 0.1) is 15.9 Å². The normalized spacial score (nSPS) is 10.4. The molecule has 0 fully saturated rings. The summed E-state index contributed by atoms with van der Waals surface area (Å²) in [6.45, 7) is -0.00356. The molecule has 0 aliphatic rings. The van der Waals surface area contributed by atoms with Gasteiger partial charge in [0.1, 0.15) is 5.82 Å². The number of aromatic nitrogens is 1. The lowest BCUT2D eigenvalue weighted by Gasteiger charge is -2.03. The van der Waals surface area contributed by atoms with Crippen molar-refractivity contribution in [2.75, 3.05) is 0 Å². The second-order valence-corrected chi connectivity index (χ2v) is 4.18. The first-order chi connectivity index (χ1) is 8.08. The van der Waals surface area contributed by atoms with Gasteiger partial charge >= 0.3 is 4.87 Å². The zero-order chi connectivity index (χ0) is 12.4. The summed E-state index contributed by atoms with van der Waals surface area (Å²) in [5, 5.41) is 12.3. The van der Waals surface area contributed by atoms with Gasteiger partial charge < -0.3 is 4.57 Å². The molecule has 0 radical (unpaired) electrons. The molecule has 88 valence electrons. The van der Waals surface area contributed by atoms with E-state index < -0.39 is 10.7 Å². The molecule has 5 nitrogen and oxygen atoms in total. The van der Waals surface area contributed by atoms with Gasteiger partial charge in [0.15, 0.2) is 0 Å². The van der Waals surface area contributed by atoms with Crippen LogP contribution in [0.25, 0.3) is 0 Å². The summed E-state index contributed by atoms with van der Waals surface area (Å²) in [7, 11) is 0. The Labute approximate surface area is 98.9 Å². The molecule has 0 atom stereocenters. The highest BCUT2D eigenvalue weighted by atomic mass is 32.1. The molecular formula is C10H7FN2O3S. The number of hydrogen-bond donors (Lipinski definition) is 0. The van der Waals surface area contributed by atoms with Crippen LogP contribution >= 0.6 is 11.3 Å². The fourth-order valence-corrected chi connectivity index (χ4v) is 2.04. The number of nitro groups is 1. The van der Waals surface area contributed by atoms with E-state index in [0.717, 1.165) is 29.5 Å². The van der Waals surface area contributed by atoms with E-state index in [2.05, 4.69) is 0 Å². The standard InChI is InChI=1S/C10H7FN2O3S/c11-8-1-2-9(13(15)16)7(5-8)6-12-3-4-17-10(12)14/h1-5H,6H2. The van der Waals surface area contributed by atoms with E-state index >= 15 is 0 Å². The van der Waals surface area contributed by atoms with Crippen molar-refractivity contribution >= 4 is 17.0 Å². The van der Waals surface area contributed by atoms with Crippen LogP contribution in [-0.4, -0.2) is 9.49 Å². The molecule has 0 amide bonds. The monoisotopic (exact) mass is 254 g/mol. The molecule has 1 heterocycles. The van der Waals surface area contributed by atoms with Gasteiger partial charge in [-0.1, -0.05) is 11.3 Å². The number of thiazole rings is 1. The third-order valence-corrected chi connectivity index (χ3v) is 2.92. The minimum atomic E-state index is -0.591. The van der Waals surface area contributed by atoms with Gasteiger partial charge in [-0.3, -0.25) is 14.9 Å². The van der Waals surface area contributed by atoms with Crippen LogP contribution in [-0.2, 0) is 6.54 Å². The molecule has 0 saturated carbocycles. The lowest BCUT2D eigenvalue weighted by atomic mass is 10.1. The predicted molar refractivity (Wildman–Crippen MR) is 60.7 cm³/mol. The highest BCUT2D eigenvalue weighted by Crippen LogP contribution is 2.20. The predicted octanol–water partition coefficient (Wildman–Crippen LogP) is 2.01. The van der Waals surface area contributed by atoms with E-state index in [0.29, 0.717) is 0 Å². The summed E-state index contributed by atoms with van der Waals surface area (Å²) in [4.78, 5) is 21.2. The second-order valence-electron chi connectivity index (χ2n) is 3.33.